The minimum Gasteiger partial charge on any atom is -0.472 e. The van der Waals surface area contributed by atoms with Gasteiger partial charge in [-0.15, -0.1) is 0 Å². The molecule has 1 N–H and O–H groups in total. The molecule has 1 saturated carbocycles. The van der Waals surface area contributed by atoms with Crippen LogP contribution in [0.3, 0.4) is 0 Å². The van der Waals surface area contributed by atoms with Crippen LogP contribution in [0.5, 0.6) is 0 Å². The zero-order valence-electron chi connectivity index (χ0n) is 21.4. The number of nitriles is 1. The Bertz CT molecular complexity index is 1460. The highest BCUT2D eigenvalue weighted by atomic mass is 16.5. The van der Waals surface area contributed by atoms with E-state index in [1.807, 2.05) is 12.1 Å². The SMILES string of the molecule is CCOC(=O)C(Cc1ccc(C#N)cc1)NC(=O)c1ccc2c(c1)nc(-c1ccoc1)n2C1CCCCC1. The van der Waals surface area contributed by atoms with E-state index in [0.29, 0.717) is 17.2 Å². The maximum Gasteiger partial charge on any atom is 0.328 e. The molecule has 1 unspecified atom stereocenters. The Morgan fingerprint density at radius 3 is 2.63 bits per heavy atom. The molecular formula is C30H30N4O4. The lowest BCUT2D eigenvalue weighted by Crippen LogP contribution is -2.43. The molecule has 38 heavy (non-hydrogen) atoms. The van der Waals surface area contributed by atoms with Crippen LogP contribution in [0, 0.1) is 11.3 Å². The normalized spacial score (nSPS) is 14.6. The summed E-state index contributed by atoms with van der Waals surface area (Å²) < 4.78 is 12.9. The first kappa shape index (κ1) is 25.3. The predicted octanol–water partition coefficient (Wildman–Crippen LogP) is 5.58. The monoisotopic (exact) mass is 510 g/mol. The van der Waals surface area contributed by atoms with Gasteiger partial charge < -0.3 is 19.0 Å². The lowest BCUT2D eigenvalue weighted by Gasteiger charge is -2.25. The van der Waals surface area contributed by atoms with Crippen molar-refractivity contribution >= 4 is 22.9 Å². The van der Waals surface area contributed by atoms with Crippen molar-refractivity contribution in [2.24, 2.45) is 0 Å². The average Bonchev–Trinajstić information content (AvgIpc) is 3.61. The molecule has 8 heteroatoms. The molecule has 0 bridgehead atoms. The van der Waals surface area contributed by atoms with Crippen molar-refractivity contribution in [1.82, 2.24) is 14.9 Å². The first-order chi connectivity index (χ1) is 18.6. The third kappa shape index (κ3) is 5.32. The number of hydrogen-bond donors (Lipinski definition) is 1. The van der Waals surface area contributed by atoms with Crippen LogP contribution in [-0.4, -0.2) is 34.1 Å². The second-order valence-corrected chi connectivity index (χ2v) is 9.60. The lowest BCUT2D eigenvalue weighted by atomic mass is 9.95. The number of aromatic nitrogens is 2. The van der Waals surface area contributed by atoms with Gasteiger partial charge in [-0.2, -0.15) is 5.26 Å². The molecule has 1 atom stereocenters. The number of fused-ring (bicyclic) bond motifs is 1. The molecule has 0 saturated heterocycles. The maximum absolute atomic E-state index is 13.3. The number of nitrogens with one attached hydrogen (secondary N) is 1. The first-order valence-corrected chi connectivity index (χ1v) is 13.1. The number of imidazole rings is 1. The highest BCUT2D eigenvalue weighted by Gasteiger charge is 2.26. The van der Waals surface area contributed by atoms with Crippen LogP contribution in [0.15, 0.2) is 65.5 Å². The van der Waals surface area contributed by atoms with Crippen LogP contribution in [-0.2, 0) is 16.0 Å². The number of benzene rings is 2. The number of hydrogen-bond acceptors (Lipinski definition) is 6. The third-order valence-electron chi connectivity index (χ3n) is 7.07. The summed E-state index contributed by atoms with van der Waals surface area (Å²) in [6.07, 6.45) is 9.39. The molecule has 194 valence electrons. The van der Waals surface area contributed by atoms with Crippen LogP contribution >= 0.6 is 0 Å². The molecule has 4 aromatic rings. The number of ether oxygens (including phenoxy) is 1. The largest absolute Gasteiger partial charge is 0.472 e. The van der Waals surface area contributed by atoms with E-state index in [0.717, 1.165) is 40.8 Å². The summed E-state index contributed by atoms with van der Waals surface area (Å²) in [4.78, 5) is 30.9. The molecule has 1 aliphatic carbocycles. The van der Waals surface area contributed by atoms with E-state index >= 15 is 0 Å². The predicted molar refractivity (Wildman–Crippen MR) is 142 cm³/mol. The van der Waals surface area contributed by atoms with Gasteiger partial charge in [-0.05, 0) is 61.7 Å². The van der Waals surface area contributed by atoms with Gasteiger partial charge in [0.1, 0.15) is 18.1 Å². The second-order valence-electron chi connectivity index (χ2n) is 9.60. The summed E-state index contributed by atoms with van der Waals surface area (Å²) >= 11 is 0. The van der Waals surface area contributed by atoms with Gasteiger partial charge in [0.2, 0.25) is 0 Å². The molecule has 5 rings (SSSR count). The number of esters is 1. The fourth-order valence-electron chi connectivity index (χ4n) is 5.17. The minimum absolute atomic E-state index is 0.208. The van der Waals surface area contributed by atoms with Gasteiger partial charge in [0.05, 0.1) is 41.1 Å². The Hall–Kier alpha value is -4.38. The molecule has 1 aliphatic rings. The van der Waals surface area contributed by atoms with E-state index in [2.05, 4.69) is 16.0 Å². The van der Waals surface area contributed by atoms with E-state index in [-0.39, 0.29) is 18.9 Å². The van der Waals surface area contributed by atoms with Gasteiger partial charge in [-0.25, -0.2) is 9.78 Å². The van der Waals surface area contributed by atoms with Crippen LogP contribution in [0.25, 0.3) is 22.4 Å². The molecule has 2 aromatic heterocycles. The van der Waals surface area contributed by atoms with Gasteiger partial charge in [0, 0.05) is 18.0 Å². The van der Waals surface area contributed by atoms with Crippen molar-refractivity contribution < 1.29 is 18.7 Å². The number of rotatable bonds is 8. The number of amides is 1. The maximum atomic E-state index is 13.3. The summed E-state index contributed by atoms with van der Waals surface area (Å²) in [5.74, 6) is -0.0470. The molecule has 0 radical (unpaired) electrons. The Morgan fingerprint density at radius 2 is 1.95 bits per heavy atom. The number of carbonyl (C=O) groups excluding carboxylic acids is 2. The highest BCUT2D eigenvalue weighted by molar-refractivity contribution is 5.99. The number of carbonyl (C=O) groups is 2. The molecular weight excluding hydrogens is 480 g/mol. The van der Waals surface area contributed by atoms with Crippen molar-refractivity contribution in [3.05, 3.63) is 77.7 Å². The second kappa shape index (κ2) is 11.3. The van der Waals surface area contributed by atoms with Crippen LogP contribution in [0.4, 0.5) is 0 Å². The molecule has 2 heterocycles. The van der Waals surface area contributed by atoms with Crippen LogP contribution < -0.4 is 5.32 Å². The van der Waals surface area contributed by atoms with Crippen LogP contribution in [0.2, 0.25) is 0 Å². The van der Waals surface area contributed by atoms with E-state index in [4.69, 9.17) is 19.4 Å². The Morgan fingerprint density at radius 1 is 1.16 bits per heavy atom. The first-order valence-electron chi connectivity index (χ1n) is 13.1. The van der Waals surface area contributed by atoms with E-state index in [1.54, 1.807) is 55.8 Å². The molecule has 1 amide bonds. The van der Waals surface area contributed by atoms with Gasteiger partial charge in [-0.1, -0.05) is 31.4 Å². The van der Waals surface area contributed by atoms with Crippen molar-refractivity contribution in [2.45, 2.75) is 57.5 Å². The summed E-state index contributed by atoms with van der Waals surface area (Å²) in [6, 6.07) is 15.9. The van der Waals surface area contributed by atoms with Crippen molar-refractivity contribution in [3.63, 3.8) is 0 Å². The quantitative estimate of drug-likeness (QED) is 0.310. The van der Waals surface area contributed by atoms with Crippen molar-refractivity contribution in [1.29, 1.82) is 5.26 Å². The Balaban J connectivity index is 1.43. The van der Waals surface area contributed by atoms with E-state index < -0.39 is 12.0 Å². The van der Waals surface area contributed by atoms with E-state index in [1.165, 1.54) is 19.3 Å². The minimum atomic E-state index is -0.868. The zero-order chi connectivity index (χ0) is 26.5. The number of furan rings is 1. The van der Waals surface area contributed by atoms with Gasteiger partial charge in [-0.3, -0.25) is 4.79 Å². The fraction of sp³-hybridized carbons (Fsp3) is 0.333. The Kier molecular flexibility index (Phi) is 7.55. The molecule has 1 fully saturated rings. The summed E-state index contributed by atoms with van der Waals surface area (Å²) in [5, 5.41) is 11.9. The topological polar surface area (TPSA) is 110 Å². The molecule has 0 aliphatic heterocycles. The lowest BCUT2D eigenvalue weighted by molar-refractivity contribution is -0.145. The summed E-state index contributed by atoms with van der Waals surface area (Å²) in [6.45, 7) is 1.94. The third-order valence-corrected chi connectivity index (χ3v) is 7.07. The summed E-state index contributed by atoms with van der Waals surface area (Å²) in [7, 11) is 0. The number of nitrogens with zero attached hydrogens (tertiary/aromatic N) is 3. The smallest absolute Gasteiger partial charge is 0.328 e. The molecule has 8 nitrogen and oxygen atoms in total. The van der Waals surface area contributed by atoms with Crippen LogP contribution in [0.1, 0.15) is 66.6 Å². The van der Waals surface area contributed by atoms with E-state index in [9.17, 15) is 9.59 Å². The highest BCUT2D eigenvalue weighted by Crippen LogP contribution is 2.36. The zero-order valence-corrected chi connectivity index (χ0v) is 21.4. The van der Waals surface area contributed by atoms with Gasteiger partial charge in [0.25, 0.3) is 5.91 Å². The fourth-order valence-corrected chi connectivity index (χ4v) is 5.17. The summed E-state index contributed by atoms with van der Waals surface area (Å²) in [5.41, 5.74) is 4.36. The van der Waals surface area contributed by atoms with Gasteiger partial charge in [0.15, 0.2) is 0 Å². The standard InChI is InChI=1S/C30H30N4O4/c1-2-38-30(36)26(16-20-8-10-21(18-31)11-9-20)33-29(35)22-12-13-27-25(17-22)32-28(23-14-15-37-19-23)34(27)24-6-4-3-5-7-24/h8-15,17,19,24,26H,2-7,16H2,1H3,(H,33,35). The van der Waals surface area contributed by atoms with Crippen molar-refractivity contribution in [3.8, 4) is 17.5 Å². The Labute approximate surface area is 221 Å². The molecule has 2 aromatic carbocycles. The van der Waals surface area contributed by atoms with Gasteiger partial charge >= 0.3 is 5.97 Å². The average molecular weight is 511 g/mol. The van der Waals surface area contributed by atoms with Crippen molar-refractivity contribution in [2.75, 3.05) is 6.61 Å². The molecule has 0 spiro atoms.